The Labute approximate surface area is 318 Å². The second-order valence-corrected chi connectivity index (χ2v) is 14.3. The highest BCUT2D eigenvalue weighted by molar-refractivity contribution is 7.80. The quantitative estimate of drug-likeness (QED) is 0.0357. The van der Waals surface area contributed by atoms with Crippen molar-refractivity contribution in [3.8, 4) is 23.0 Å². The van der Waals surface area contributed by atoms with Crippen LogP contribution in [-0.2, 0) is 38.3 Å². The number of anilines is 1. The minimum atomic E-state index is -4.31. The van der Waals surface area contributed by atoms with E-state index < -0.39 is 43.5 Å². The normalized spacial score (nSPS) is 15.7. The monoisotopic (exact) mass is 782 g/mol. The Morgan fingerprint density at radius 1 is 0.926 bits per heavy atom. The number of nitrogens with one attached hydrogen (secondary N) is 2. The van der Waals surface area contributed by atoms with Crippen LogP contribution in [0, 0.1) is 0 Å². The number of fused-ring (bicyclic) bond motifs is 6. The standard InChI is InChI=1S/C36H40BN2O13PS/c1-21(40)33(46-20-37)19-48-53(44,45)47-15-7-5-4-6-14-38-35(54)39-24-8-11-28-27(16-24)34(43)52-36(28)29-12-9-25(49-22(2)41)17-31(29)51-32-18-26(50-23(3)42)10-13-30(32)36/h8-13,16-18,21,33,40H,4-7,14-15,19-20H2,1-3H3,(H,44,45)(H2,38,39,54). The average Bonchev–Trinajstić information content (AvgIpc) is 3.38. The molecule has 3 unspecified atom stereocenters. The fourth-order valence-electron chi connectivity index (χ4n) is 6.02. The number of hydrogen-bond acceptors (Lipinski definition) is 13. The number of carbonyl (C=O) groups excluding carboxylic acids is 3. The van der Waals surface area contributed by atoms with E-state index in [1.807, 2.05) is 0 Å². The molecule has 4 N–H and O–H groups in total. The van der Waals surface area contributed by atoms with Crippen molar-refractivity contribution in [2.75, 3.05) is 31.6 Å². The molecule has 0 fully saturated rings. The largest absolute Gasteiger partial charge is 0.472 e. The van der Waals surface area contributed by atoms with Crippen LogP contribution >= 0.6 is 20.0 Å². The van der Waals surface area contributed by atoms with Gasteiger partial charge in [0.15, 0.2) is 10.7 Å². The number of esters is 3. The number of benzene rings is 3. The lowest BCUT2D eigenvalue weighted by Gasteiger charge is -2.36. The van der Waals surface area contributed by atoms with Crippen LogP contribution in [0.3, 0.4) is 0 Å². The van der Waals surface area contributed by atoms with Crippen LogP contribution < -0.4 is 24.8 Å². The molecule has 2 radical (unpaired) electrons. The van der Waals surface area contributed by atoms with E-state index >= 15 is 0 Å². The molecule has 3 aromatic rings. The van der Waals surface area contributed by atoms with Crippen LogP contribution in [0.5, 0.6) is 23.0 Å². The highest BCUT2D eigenvalue weighted by atomic mass is 32.1. The summed E-state index contributed by atoms with van der Waals surface area (Å²) in [5, 5.41) is 16.2. The van der Waals surface area contributed by atoms with E-state index in [0.717, 1.165) is 19.3 Å². The van der Waals surface area contributed by atoms with E-state index in [0.29, 0.717) is 46.0 Å². The van der Waals surface area contributed by atoms with Crippen molar-refractivity contribution >= 4 is 56.6 Å². The maximum atomic E-state index is 13.6. The Morgan fingerprint density at radius 3 is 2.13 bits per heavy atom. The van der Waals surface area contributed by atoms with E-state index in [4.69, 9.17) is 52.8 Å². The molecule has 2 aliphatic heterocycles. The van der Waals surface area contributed by atoms with Gasteiger partial charge in [-0.1, -0.05) is 18.9 Å². The number of thiocarbonyl (C=S) groups is 1. The van der Waals surface area contributed by atoms with Crippen LogP contribution in [0.15, 0.2) is 54.6 Å². The first-order chi connectivity index (χ1) is 25.7. The fraction of sp³-hybridized carbons (Fsp3) is 0.389. The number of unbranched alkanes of at least 4 members (excludes halogenated alkanes) is 3. The van der Waals surface area contributed by atoms with E-state index in [-0.39, 0.29) is 42.7 Å². The molecule has 0 saturated carbocycles. The summed E-state index contributed by atoms with van der Waals surface area (Å²) in [6.07, 6.45) is 0.969. The zero-order chi connectivity index (χ0) is 39.0. The molecular formula is C36H40BN2O13PS. The van der Waals surface area contributed by atoms with Gasteiger partial charge >= 0.3 is 25.7 Å². The number of rotatable bonds is 17. The summed E-state index contributed by atoms with van der Waals surface area (Å²) in [4.78, 5) is 46.8. The Bertz CT molecular complexity index is 1880. The predicted octanol–water partition coefficient (Wildman–Crippen LogP) is 4.98. The highest BCUT2D eigenvalue weighted by Crippen LogP contribution is 2.57. The summed E-state index contributed by atoms with van der Waals surface area (Å²) in [6, 6.07) is 14.8. The first-order valence-corrected chi connectivity index (χ1v) is 19.0. The SMILES string of the molecule is [B]COC(COP(=O)(O)OCCCCCCNC(=S)Nc1ccc2c(c1)C(=O)OC21c2ccc(OC(C)=O)cc2Oc2cc(OC(C)=O)ccc21)C(C)O. The molecule has 0 bridgehead atoms. The maximum Gasteiger partial charge on any atom is 0.472 e. The molecule has 0 saturated heterocycles. The third-order valence-corrected chi connectivity index (χ3v) is 9.62. The van der Waals surface area contributed by atoms with Crippen molar-refractivity contribution in [3.05, 3.63) is 76.9 Å². The van der Waals surface area contributed by atoms with Gasteiger partial charge in [-0.3, -0.25) is 18.6 Å². The van der Waals surface area contributed by atoms with E-state index in [2.05, 4.69) is 10.6 Å². The molecule has 286 valence electrons. The van der Waals surface area contributed by atoms with Crippen LogP contribution in [-0.4, -0.2) is 79.3 Å². The van der Waals surface area contributed by atoms with Crippen LogP contribution in [0.4, 0.5) is 5.69 Å². The molecular weight excluding hydrogens is 742 g/mol. The Morgan fingerprint density at radius 2 is 1.54 bits per heavy atom. The molecule has 5 rings (SSSR count). The van der Waals surface area contributed by atoms with Crippen molar-refractivity contribution < 1.29 is 61.7 Å². The lowest BCUT2D eigenvalue weighted by atomic mass is 9.77. The summed E-state index contributed by atoms with van der Waals surface area (Å²) in [7, 11) is 0.984. The van der Waals surface area contributed by atoms with Gasteiger partial charge in [0.05, 0.1) is 24.9 Å². The molecule has 2 aliphatic rings. The number of aliphatic hydroxyl groups is 1. The lowest BCUT2D eigenvalue weighted by Crippen LogP contribution is -2.33. The van der Waals surface area contributed by atoms with Gasteiger partial charge in [-0.05, 0) is 68.4 Å². The van der Waals surface area contributed by atoms with Crippen molar-refractivity contribution in [2.45, 2.75) is 64.3 Å². The smallest absolute Gasteiger partial charge is 0.456 e. The molecule has 0 aromatic heterocycles. The van der Waals surface area contributed by atoms with Gasteiger partial charge in [-0.25, -0.2) is 9.36 Å². The topological polar surface area (TPSA) is 197 Å². The third kappa shape index (κ3) is 9.84. The van der Waals surface area contributed by atoms with Crippen LogP contribution in [0.1, 0.15) is 73.5 Å². The van der Waals surface area contributed by atoms with Gasteiger partial charge in [-0.15, -0.1) is 0 Å². The number of carbonyl (C=O) groups is 3. The van der Waals surface area contributed by atoms with E-state index in [9.17, 15) is 28.9 Å². The number of hydrogen-bond donors (Lipinski definition) is 4. The number of ether oxygens (including phenoxy) is 5. The molecule has 3 atom stereocenters. The van der Waals surface area contributed by atoms with Gasteiger partial charge in [-0.2, -0.15) is 0 Å². The second kappa shape index (κ2) is 17.9. The highest BCUT2D eigenvalue weighted by Gasteiger charge is 2.53. The Hall–Kier alpha value is -4.35. The zero-order valence-corrected chi connectivity index (χ0v) is 31.5. The molecule has 3 aromatic carbocycles. The summed E-state index contributed by atoms with van der Waals surface area (Å²) >= 11 is 5.49. The zero-order valence-electron chi connectivity index (χ0n) is 29.8. The van der Waals surface area contributed by atoms with E-state index in [1.165, 1.54) is 32.9 Å². The second-order valence-electron chi connectivity index (χ2n) is 12.4. The van der Waals surface area contributed by atoms with Crippen LogP contribution in [0.25, 0.3) is 0 Å². The molecule has 0 aliphatic carbocycles. The molecule has 18 heteroatoms. The van der Waals surface area contributed by atoms with Crippen LogP contribution in [0.2, 0.25) is 0 Å². The molecule has 0 amide bonds. The maximum absolute atomic E-state index is 13.6. The summed E-state index contributed by atoms with van der Waals surface area (Å²) in [5.41, 5.74) is 0.956. The molecule has 54 heavy (non-hydrogen) atoms. The van der Waals surface area contributed by atoms with Gasteiger partial charge in [0.25, 0.3) is 0 Å². The Kier molecular flexibility index (Phi) is 13.5. The van der Waals surface area contributed by atoms with Gasteiger partial charge in [0.1, 0.15) is 36.9 Å². The van der Waals surface area contributed by atoms with Crippen molar-refractivity contribution in [1.82, 2.24) is 5.32 Å². The summed E-state index contributed by atoms with van der Waals surface area (Å²) in [6.45, 7) is 4.04. The van der Waals surface area contributed by atoms with Crippen molar-refractivity contribution in [2.24, 2.45) is 0 Å². The molecule has 1 spiro atoms. The first kappa shape index (κ1) is 40.8. The third-order valence-electron chi connectivity index (χ3n) is 8.39. The summed E-state index contributed by atoms with van der Waals surface area (Å²) < 4.78 is 50.0. The lowest BCUT2D eigenvalue weighted by molar-refractivity contribution is -0.132. The number of phosphoric acid groups is 1. The summed E-state index contributed by atoms with van der Waals surface area (Å²) in [5.74, 6) is -0.611. The van der Waals surface area contributed by atoms with Gasteiger partial charge in [0.2, 0.25) is 0 Å². The molecule has 2 heterocycles. The minimum absolute atomic E-state index is 0.00907. The molecule has 15 nitrogen and oxygen atoms in total. The van der Waals surface area contributed by atoms with Gasteiger partial charge in [0, 0.05) is 61.4 Å². The first-order valence-electron chi connectivity index (χ1n) is 17.1. The predicted molar refractivity (Wildman–Crippen MR) is 199 cm³/mol. The Balaban J connectivity index is 1.18. The number of aliphatic hydroxyl groups excluding tert-OH is 1. The average molecular weight is 783 g/mol. The van der Waals surface area contributed by atoms with Gasteiger partial charge < -0.3 is 44.3 Å². The van der Waals surface area contributed by atoms with Crippen molar-refractivity contribution in [1.29, 1.82) is 0 Å². The number of phosphoric ester groups is 1. The minimum Gasteiger partial charge on any atom is -0.456 e. The van der Waals surface area contributed by atoms with Crippen molar-refractivity contribution in [3.63, 3.8) is 0 Å². The van der Waals surface area contributed by atoms with E-state index in [1.54, 1.807) is 42.5 Å². The fourth-order valence-corrected chi connectivity index (χ4v) is 7.01.